The Hall–Kier alpha value is -1.43. The fourth-order valence-corrected chi connectivity index (χ4v) is 2.80. The molecule has 2 rings (SSSR count). The number of nitrogens with zero attached hydrogens (tertiary/aromatic N) is 4. The van der Waals surface area contributed by atoms with Crippen LogP contribution in [0.3, 0.4) is 0 Å². The average Bonchev–Trinajstić information content (AvgIpc) is 2.91. The molecule has 6 nitrogen and oxygen atoms in total. The molecule has 0 aromatic carbocycles. The quantitative estimate of drug-likeness (QED) is 0.847. The van der Waals surface area contributed by atoms with Crippen molar-refractivity contribution in [2.75, 3.05) is 13.1 Å². The highest BCUT2D eigenvalue weighted by molar-refractivity contribution is 5.76. The molecule has 0 saturated carbocycles. The Morgan fingerprint density at radius 2 is 2.37 bits per heavy atom. The van der Waals surface area contributed by atoms with Crippen LogP contribution in [-0.2, 0) is 11.3 Å². The molecular weight excluding hydrogens is 242 g/mol. The van der Waals surface area contributed by atoms with Crippen molar-refractivity contribution in [3.8, 4) is 0 Å². The molecule has 0 aliphatic carbocycles. The Morgan fingerprint density at radius 1 is 1.53 bits per heavy atom. The number of aryl methyl sites for hydroxylation is 1. The zero-order valence-corrected chi connectivity index (χ0v) is 11.5. The second kappa shape index (κ2) is 6.65. The first-order valence-electron chi connectivity index (χ1n) is 7.04. The number of likely N-dealkylation sites (tertiary alicyclic amines) is 1. The van der Waals surface area contributed by atoms with Gasteiger partial charge in [0.2, 0.25) is 5.91 Å². The maximum atomic E-state index is 12.3. The summed E-state index contributed by atoms with van der Waals surface area (Å²) in [6.07, 6.45) is 6.80. The smallest absolute Gasteiger partial charge is 0.222 e. The lowest BCUT2D eigenvalue weighted by atomic mass is 9.90. The van der Waals surface area contributed by atoms with E-state index in [1.807, 2.05) is 4.90 Å². The van der Waals surface area contributed by atoms with Crippen LogP contribution in [0.1, 0.15) is 32.6 Å². The molecule has 1 aromatic heterocycles. The van der Waals surface area contributed by atoms with Crippen molar-refractivity contribution in [2.45, 2.75) is 45.2 Å². The lowest BCUT2D eigenvalue weighted by Crippen LogP contribution is -2.51. The van der Waals surface area contributed by atoms with Crippen molar-refractivity contribution in [2.24, 2.45) is 11.7 Å². The number of carbonyl (C=O) groups is 1. The van der Waals surface area contributed by atoms with Crippen LogP contribution >= 0.6 is 0 Å². The highest BCUT2D eigenvalue weighted by Crippen LogP contribution is 2.23. The van der Waals surface area contributed by atoms with Crippen molar-refractivity contribution < 1.29 is 4.79 Å². The molecule has 1 amide bonds. The summed E-state index contributed by atoms with van der Waals surface area (Å²) in [6, 6.07) is 0.215. The molecule has 6 heteroatoms. The van der Waals surface area contributed by atoms with Gasteiger partial charge in [0.25, 0.3) is 0 Å². The molecule has 1 fully saturated rings. The largest absolute Gasteiger partial charge is 0.338 e. The minimum atomic E-state index is 0.215. The Morgan fingerprint density at radius 3 is 3.05 bits per heavy atom. The van der Waals surface area contributed by atoms with Gasteiger partial charge in [0, 0.05) is 32.1 Å². The molecule has 0 unspecified atom stereocenters. The lowest BCUT2D eigenvalue weighted by molar-refractivity contribution is -0.136. The number of amides is 1. The van der Waals surface area contributed by atoms with E-state index in [0.29, 0.717) is 18.9 Å². The van der Waals surface area contributed by atoms with Crippen LogP contribution in [0.15, 0.2) is 12.7 Å². The van der Waals surface area contributed by atoms with E-state index < -0.39 is 0 Å². The van der Waals surface area contributed by atoms with Gasteiger partial charge in [-0.25, -0.2) is 4.98 Å². The zero-order valence-electron chi connectivity index (χ0n) is 11.5. The summed E-state index contributed by atoms with van der Waals surface area (Å²) in [7, 11) is 0. The first-order valence-corrected chi connectivity index (χ1v) is 7.04. The molecule has 2 N–H and O–H groups in total. The van der Waals surface area contributed by atoms with E-state index in [1.165, 1.54) is 12.7 Å². The summed E-state index contributed by atoms with van der Waals surface area (Å²) in [4.78, 5) is 18.1. The number of nitrogens with two attached hydrogens (primary N) is 1. The van der Waals surface area contributed by atoms with Gasteiger partial charge in [-0.2, -0.15) is 5.10 Å². The molecule has 2 heterocycles. The van der Waals surface area contributed by atoms with Crippen molar-refractivity contribution in [1.29, 1.82) is 0 Å². The van der Waals surface area contributed by atoms with Gasteiger partial charge in [0.05, 0.1) is 0 Å². The molecular formula is C13H23N5O. The van der Waals surface area contributed by atoms with Gasteiger partial charge in [0.1, 0.15) is 12.7 Å². The number of aromatic nitrogens is 3. The van der Waals surface area contributed by atoms with Crippen LogP contribution in [0.4, 0.5) is 0 Å². The molecule has 1 saturated heterocycles. The zero-order chi connectivity index (χ0) is 13.7. The fraction of sp³-hybridized carbons (Fsp3) is 0.769. The fourth-order valence-electron chi connectivity index (χ4n) is 2.80. The van der Waals surface area contributed by atoms with Gasteiger partial charge in [-0.3, -0.25) is 9.48 Å². The summed E-state index contributed by atoms with van der Waals surface area (Å²) in [5, 5.41) is 4.03. The molecule has 0 radical (unpaired) electrons. The van der Waals surface area contributed by atoms with Gasteiger partial charge in [-0.15, -0.1) is 0 Å². The van der Waals surface area contributed by atoms with Crippen LogP contribution in [0, 0.1) is 5.92 Å². The second-order valence-corrected chi connectivity index (χ2v) is 5.27. The summed E-state index contributed by atoms with van der Waals surface area (Å²) in [6.45, 7) is 4.35. The normalized spacial score (nSPS) is 23.6. The Kier molecular flexibility index (Phi) is 4.90. The molecule has 1 aromatic rings. The van der Waals surface area contributed by atoms with E-state index in [9.17, 15) is 4.79 Å². The van der Waals surface area contributed by atoms with Crippen molar-refractivity contribution in [3.63, 3.8) is 0 Å². The van der Waals surface area contributed by atoms with Crippen LogP contribution < -0.4 is 5.73 Å². The van der Waals surface area contributed by atoms with Gasteiger partial charge >= 0.3 is 0 Å². The highest BCUT2D eigenvalue weighted by Gasteiger charge is 2.30. The van der Waals surface area contributed by atoms with Gasteiger partial charge < -0.3 is 10.6 Å². The minimum absolute atomic E-state index is 0.215. The Labute approximate surface area is 114 Å². The van der Waals surface area contributed by atoms with Crippen LogP contribution in [0.2, 0.25) is 0 Å². The van der Waals surface area contributed by atoms with Gasteiger partial charge in [0.15, 0.2) is 0 Å². The first kappa shape index (κ1) is 14.0. The molecule has 1 aliphatic heterocycles. The summed E-state index contributed by atoms with van der Waals surface area (Å²) < 4.78 is 1.76. The minimum Gasteiger partial charge on any atom is -0.338 e. The molecule has 106 valence electrons. The Balaban J connectivity index is 1.81. The van der Waals surface area contributed by atoms with E-state index in [4.69, 9.17) is 5.73 Å². The van der Waals surface area contributed by atoms with Crippen LogP contribution in [0.25, 0.3) is 0 Å². The van der Waals surface area contributed by atoms with Crippen molar-refractivity contribution >= 4 is 5.91 Å². The first-order chi connectivity index (χ1) is 9.22. The molecule has 19 heavy (non-hydrogen) atoms. The lowest BCUT2D eigenvalue weighted by Gasteiger charge is -2.39. The topological polar surface area (TPSA) is 77.0 Å². The van der Waals surface area contributed by atoms with E-state index >= 15 is 0 Å². The molecule has 1 aliphatic rings. The molecule has 0 bridgehead atoms. The molecule has 2 atom stereocenters. The van der Waals surface area contributed by atoms with E-state index in [2.05, 4.69) is 17.0 Å². The van der Waals surface area contributed by atoms with Crippen molar-refractivity contribution in [1.82, 2.24) is 19.7 Å². The summed E-state index contributed by atoms with van der Waals surface area (Å²) >= 11 is 0. The van der Waals surface area contributed by atoms with E-state index in [1.54, 1.807) is 11.0 Å². The van der Waals surface area contributed by atoms with Gasteiger partial charge in [-0.05, 0) is 25.2 Å². The maximum absolute atomic E-state index is 12.3. The third-order valence-corrected chi connectivity index (χ3v) is 3.92. The van der Waals surface area contributed by atoms with Crippen LogP contribution in [0.5, 0.6) is 0 Å². The van der Waals surface area contributed by atoms with Crippen LogP contribution in [-0.4, -0.2) is 44.7 Å². The molecule has 0 spiro atoms. The third-order valence-electron chi connectivity index (χ3n) is 3.92. The number of piperidine rings is 1. The third kappa shape index (κ3) is 3.53. The van der Waals surface area contributed by atoms with Crippen molar-refractivity contribution in [3.05, 3.63) is 12.7 Å². The standard InChI is InChI=1S/C13H23N5O/c1-11-4-2-7-18(12(11)8-14)13(19)5-3-6-17-10-15-9-16-17/h9-12H,2-8,14H2,1H3/t11-,12-/m1/s1. The number of hydrogen-bond acceptors (Lipinski definition) is 4. The summed E-state index contributed by atoms with van der Waals surface area (Å²) in [5.41, 5.74) is 5.81. The monoisotopic (exact) mass is 265 g/mol. The van der Waals surface area contributed by atoms with Gasteiger partial charge in [-0.1, -0.05) is 6.92 Å². The summed E-state index contributed by atoms with van der Waals surface area (Å²) in [5.74, 6) is 0.736. The maximum Gasteiger partial charge on any atom is 0.222 e. The SMILES string of the molecule is C[C@@H]1CCCN(C(=O)CCCn2cncn2)[C@@H]1CN. The number of hydrogen-bond donors (Lipinski definition) is 1. The predicted molar refractivity (Wildman–Crippen MR) is 72.2 cm³/mol. The number of carbonyl (C=O) groups excluding carboxylic acids is 1. The number of rotatable bonds is 5. The van der Waals surface area contributed by atoms with E-state index in [-0.39, 0.29) is 11.9 Å². The second-order valence-electron chi connectivity index (χ2n) is 5.27. The average molecular weight is 265 g/mol. The predicted octanol–water partition coefficient (Wildman–Crippen LogP) is 0.644. The highest BCUT2D eigenvalue weighted by atomic mass is 16.2. The van der Waals surface area contributed by atoms with E-state index in [0.717, 1.165) is 25.9 Å². The Bertz CT molecular complexity index is 392.